The average molecular weight is 427 g/mol. The van der Waals surface area contributed by atoms with Crippen LogP contribution in [0, 0.1) is 0 Å². The maximum Gasteiger partial charge on any atom is 0.328 e. The Morgan fingerprint density at radius 2 is 1.81 bits per heavy atom. The highest BCUT2D eigenvalue weighted by Crippen LogP contribution is 2.28. The zero-order valence-electron chi connectivity index (χ0n) is 18.2. The van der Waals surface area contributed by atoms with E-state index in [1.807, 2.05) is 36.4 Å². The number of amides is 1. The van der Waals surface area contributed by atoms with Crippen LogP contribution in [0.4, 0.5) is 0 Å². The molecule has 1 amide bonds. The lowest BCUT2D eigenvalue weighted by atomic mass is 10.1. The number of carbonyl (C=O) groups is 2. The second-order valence-electron chi connectivity index (χ2n) is 7.37. The third-order valence-corrected chi connectivity index (χ3v) is 5.29. The van der Waals surface area contributed by atoms with Gasteiger partial charge in [0.1, 0.15) is 11.8 Å². The normalized spacial score (nSPS) is 16.5. The molecule has 0 bridgehead atoms. The number of likely N-dealkylation sites (tertiary alicyclic amines) is 1. The number of nitrogens with zero attached hydrogens (tertiary/aromatic N) is 1. The summed E-state index contributed by atoms with van der Waals surface area (Å²) in [6.45, 7) is 2.45. The summed E-state index contributed by atoms with van der Waals surface area (Å²) in [5.41, 5.74) is 0.967. The number of benzene rings is 2. The number of ether oxygens (including phenoxy) is 4. The maximum atomic E-state index is 12.9. The van der Waals surface area contributed by atoms with Gasteiger partial charge in [-0.1, -0.05) is 24.3 Å². The third kappa shape index (κ3) is 5.69. The Balaban J connectivity index is 1.53. The van der Waals surface area contributed by atoms with Crippen LogP contribution >= 0.6 is 0 Å². The van der Waals surface area contributed by atoms with E-state index in [-0.39, 0.29) is 18.5 Å². The van der Waals surface area contributed by atoms with Gasteiger partial charge in [0.2, 0.25) is 0 Å². The molecular weight excluding hydrogens is 398 g/mol. The van der Waals surface area contributed by atoms with Gasteiger partial charge < -0.3 is 23.8 Å². The van der Waals surface area contributed by atoms with E-state index in [9.17, 15) is 9.59 Å². The van der Waals surface area contributed by atoms with Crippen LogP contribution in [0.5, 0.6) is 17.2 Å². The Morgan fingerprint density at radius 1 is 1.06 bits per heavy atom. The first-order valence-corrected chi connectivity index (χ1v) is 10.4. The van der Waals surface area contributed by atoms with Gasteiger partial charge in [-0.3, -0.25) is 4.79 Å². The molecule has 1 heterocycles. The molecule has 0 aromatic heterocycles. The SMILES string of the molecule is COc1ccc(CCOC(=O)[C@@H]2CCCN2C(=O)C(C)Oc2ccccc2)cc1OC. The maximum absolute atomic E-state index is 12.9. The van der Waals surface area contributed by atoms with E-state index in [0.717, 1.165) is 12.0 Å². The molecular formula is C24H29NO6. The fourth-order valence-corrected chi connectivity index (χ4v) is 3.66. The van der Waals surface area contributed by atoms with E-state index < -0.39 is 12.1 Å². The largest absolute Gasteiger partial charge is 0.493 e. The van der Waals surface area contributed by atoms with Gasteiger partial charge in [0.05, 0.1) is 20.8 Å². The van der Waals surface area contributed by atoms with Crippen LogP contribution in [-0.2, 0) is 20.7 Å². The number of esters is 1. The average Bonchev–Trinajstić information content (AvgIpc) is 3.29. The zero-order chi connectivity index (χ0) is 22.2. The van der Waals surface area contributed by atoms with Crippen LogP contribution in [0.2, 0.25) is 0 Å². The molecule has 7 heteroatoms. The Labute approximate surface area is 182 Å². The molecule has 1 saturated heterocycles. The second kappa shape index (κ2) is 10.7. The van der Waals surface area contributed by atoms with Crippen molar-refractivity contribution in [1.82, 2.24) is 4.90 Å². The van der Waals surface area contributed by atoms with Gasteiger partial charge in [-0.25, -0.2) is 4.79 Å². The fourth-order valence-electron chi connectivity index (χ4n) is 3.66. The molecule has 2 atom stereocenters. The van der Waals surface area contributed by atoms with E-state index in [1.165, 1.54) is 0 Å². The van der Waals surface area contributed by atoms with Crippen LogP contribution in [0.3, 0.4) is 0 Å². The first kappa shape index (κ1) is 22.5. The van der Waals surface area contributed by atoms with Gasteiger partial charge in [-0.15, -0.1) is 0 Å². The van der Waals surface area contributed by atoms with Gasteiger partial charge in [0.25, 0.3) is 5.91 Å². The lowest BCUT2D eigenvalue weighted by molar-refractivity contribution is -0.155. The van der Waals surface area contributed by atoms with E-state index in [1.54, 1.807) is 38.2 Å². The molecule has 1 fully saturated rings. The number of hydrogen-bond acceptors (Lipinski definition) is 6. The van der Waals surface area contributed by atoms with E-state index in [4.69, 9.17) is 18.9 Å². The molecule has 2 aromatic rings. The summed E-state index contributed by atoms with van der Waals surface area (Å²) in [6.07, 6.45) is 1.22. The first-order valence-electron chi connectivity index (χ1n) is 10.4. The molecule has 3 rings (SSSR count). The summed E-state index contributed by atoms with van der Waals surface area (Å²) in [4.78, 5) is 27.1. The van der Waals surface area contributed by atoms with Crippen molar-refractivity contribution in [3.05, 3.63) is 54.1 Å². The minimum absolute atomic E-state index is 0.205. The van der Waals surface area contributed by atoms with Crippen molar-refractivity contribution in [3.63, 3.8) is 0 Å². The number of carbonyl (C=O) groups excluding carboxylic acids is 2. The van der Waals surface area contributed by atoms with Crippen LogP contribution in [0.15, 0.2) is 48.5 Å². The van der Waals surface area contributed by atoms with Crippen molar-refractivity contribution in [1.29, 1.82) is 0 Å². The molecule has 1 aliphatic heterocycles. The first-order chi connectivity index (χ1) is 15.0. The minimum atomic E-state index is -0.678. The van der Waals surface area contributed by atoms with E-state index >= 15 is 0 Å². The summed E-state index contributed by atoms with van der Waals surface area (Å²) >= 11 is 0. The lowest BCUT2D eigenvalue weighted by Crippen LogP contribution is -2.46. The Bertz CT molecular complexity index is 885. The second-order valence-corrected chi connectivity index (χ2v) is 7.37. The summed E-state index contributed by atoms with van der Waals surface area (Å²) in [6, 6.07) is 14.2. The number of rotatable bonds is 9. The molecule has 0 N–H and O–H groups in total. The molecule has 1 unspecified atom stereocenters. The van der Waals surface area contributed by atoms with Crippen LogP contribution in [0.25, 0.3) is 0 Å². The molecule has 166 valence electrons. The molecule has 1 aliphatic rings. The highest BCUT2D eigenvalue weighted by molar-refractivity contribution is 5.87. The fraction of sp³-hybridized carbons (Fsp3) is 0.417. The van der Waals surface area contributed by atoms with Crippen molar-refractivity contribution in [2.24, 2.45) is 0 Å². The van der Waals surface area contributed by atoms with Gasteiger partial charge in [-0.05, 0) is 49.6 Å². The van der Waals surface area contributed by atoms with Crippen molar-refractivity contribution in [2.45, 2.75) is 38.3 Å². The predicted octanol–water partition coefficient (Wildman–Crippen LogP) is 3.25. The molecule has 0 spiro atoms. The Hall–Kier alpha value is -3.22. The van der Waals surface area contributed by atoms with Crippen molar-refractivity contribution >= 4 is 11.9 Å². The van der Waals surface area contributed by atoms with Crippen molar-refractivity contribution < 1.29 is 28.5 Å². The Morgan fingerprint density at radius 3 is 2.52 bits per heavy atom. The predicted molar refractivity (Wildman–Crippen MR) is 115 cm³/mol. The van der Waals surface area contributed by atoms with E-state index in [0.29, 0.717) is 36.6 Å². The highest BCUT2D eigenvalue weighted by atomic mass is 16.5. The third-order valence-electron chi connectivity index (χ3n) is 5.29. The van der Waals surface area contributed by atoms with E-state index in [2.05, 4.69) is 0 Å². The monoisotopic (exact) mass is 427 g/mol. The molecule has 7 nitrogen and oxygen atoms in total. The van der Waals surface area contributed by atoms with Crippen LogP contribution in [0.1, 0.15) is 25.3 Å². The van der Waals surface area contributed by atoms with Crippen molar-refractivity contribution in [3.8, 4) is 17.2 Å². The summed E-state index contributed by atoms with van der Waals surface area (Å²) in [7, 11) is 3.16. The van der Waals surface area contributed by atoms with Crippen LogP contribution in [-0.4, -0.2) is 56.3 Å². The molecule has 0 saturated carbocycles. The molecule has 2 aromatic carbocycles. The number of methoxy groups -OCH3 is 2. The standard InChI is InChI=1S/C24H29NO6/c1-17(31-19-8-5-4-6-9-19)23(26)25-14-7-10-20(25)24(27)30-15-13-18-11-12-21(28-2)22(16-18)29-3/h4-6,8-9,11-12,16-17,20H,7,10,13-15H2,1-3H3/t17?,20-/m0/s1. The molecule has 0 aliphatic carbocycles. The quantitative estimate of drug-likeness (QED) is 0.572. The molecule has 0 radical (unpaired) electrons. The lowest BCUT2D eigenvalue weighted by Gasteiger charge is -2.26. The molecule has 31 heavy (non-hydrogen) atoms. The summed E-state index contributed by atoms with van der Waals surface area (Å²) in [5.74, 6) is 1.32. The zero-order valence-corrected chi connectivity index (χ0v) is 18.2. The van der Waals surface area contributed by atoms with Crippen LogP contribution < -0.4 is 14.2 Å². The Kier molecular flexibility index (Phi) is 7.76. The minimum Gasteiger partial charge on any atom is -0.493 e. The number of hydrogen-bond donors (Lipinski definition) is 0. The summed E-state index contributed by atoms with van der Waals surface area (Å²) in [5, 5.41) is 0. The van der Waals surface area contributed by atoms with Gasteiger partial charge >= 0.3 is 5.97 Å². The van der Waals surface area contributed by atoms with Gasteiger partial charge in [-0.2, -0.15) is 0 Å². The van der Waals surface area contributed by atoms with Gasteiger partial charge in [0.15, 0.2) is 17.6 Å². The highest BCUT2D eigenvalue weighted by Gasteiger charge is 2.37. The summed E-state index contributed by atoms with van der Waals surface area (Å²) < 4.78 is 21.8. The number of para-hydroxylation sites is 1. The topological polar surface area (TPSA) is 74.3 Å². The smallest absolute Gasteiger partial charge is 0.328 e. The van der Waals surface area contributed by atoms with Gasteiger partial charge in [0, 0.05) is 13.0 Å². The van der Waals surface area contributed by atoms with Crippen molar-refractivity contribution in [2.75, 3.05) is 27.4 Å².